The highest BCUT2D eigenvalue weighted by molar-refractivity contribution is 5.84. The molecule has 0 fully saturated rings. The van der Waals surface area contributed by atoms with Crippen molar-refractivity contribution in [1.29, 1.82) is 0 Å². The minimum absolute atomic E-state index is 0.0760. The Morgan fingerprint density at radius 3 is 2.43 bits per heavy atom. The number of esters is 1. The Kier molecular flexibility index (Phi) is 7.59. The first-order chi connectivity index (χ1) is 10.9. The molecule has 0 aliphatic carbocycles. The van der Waals surface area contributed by atoms with E-state index < -0.39 is 12.1 Å². The number of hydrogen-bond donors (Lipinski definition) is 0. The van der Waals surface area contributed by atoms with Gasteiger partial charge in [0.1, 0.15) is 12.3 Å². The molecule has 1 aromatic rings. The highest BCUT2D eigenvalue weighted by atomic mass is 16.5. The number of carbonyl (C=O) groups is 2. The summed E-state index contributed by atoms with van der Waals surface area (Å²) in [5.74, 6) is 0.394. The van der Waals surface area contributed by atoms with Crippen molar-refractivity contribution in [3.05, 3.63) is 29.8 Å². The van der Waals surface area contributed by atoms with Crippen molar-refractivity contribution >= 4 is 11.9 Å². The second kappa shape index (κ2) is 9.18. The Labute approximate surface area is 138 Å². The van der Waals surface area contributed by atoms with Crippen LogP contribution in [0.15, 0.2) is 24.3 Å². The number of rotatable bonds is 8. The Balaban J connectivity index is 2.74. The van der Waals surface area contributed by atoms with Crippen molar-refractivity contribution in [1.82, 2.24) is 4.90 Å². The van der Waals surface area contributed by atoms with Gasteiger partial charge in [-0.25, -0.2) is 0 Å². The van der Waals surface area contributed by atoms with Crippen LogP contribution in [0.25, 0.3) is 0 Å². The molecule has 128 valence electrons. The summed E-state index contributed by atoms with van der Waals surface area (Å²) in [7, 11) is 1.57. The van der Waals surface area contributed by atoms with Crippen molar-refractivity contribution in [2.24, 2.45) is 0 Å². The average Bonchev–Trinajstić information content (AvgIpc) is 2.53. The van der Waals surface area contributed by atoms with E-state index in [0.717, 1.165) is 12.0 Å². The van der Waals surface area contributed by atoms with Gasteiger partial charge in [-0.3, -0.25) is 9.59 Å². The quantitative estimate of drug-likeness (QED) is 0.691. The van der Waals surface area contributed by atoms with Crippen LogP contribution in [0.2, 0.25) is 0 Å². The van der Waals surface area contributed by atoms with E-state index in [9.17, 15) is 9.59 Å². The summed E-state index contributed by atoms with van der Waals surface area (Å²) < 4.78 is 10.7. The fourth-order valence-electron chi connectivity index (χ4n) is 2.24. The normalized spacial score (nSPS) is 13.1. The van der Waals surface area contributed by atoms with Crippen LogP contribution in [0.3, 0.4) is 0 Å². The molecule has 0 saturated heterocycles. The molecule has 0 radical (unpaired) electrons. The lowest BCUT2D eigenvalue weighted by Crippen LogP contribution is -2.41. The molecule has 5 heteroatoms. The van der Waals surface area contributed by atoms with E-state index in [1.54, 1.807) is 20.9 Å². The Morgan fingerprint density at radius 2 is 1.83 bits per heavy atom. The molecule has 1 aromatic carbocycles. The predicted octanol–water partition coefficient (Wildman–Crippen LogP) is 2.99. The van der Waals surface area contributed by atoms with Crippen LogP contribution in [-0.4, -0.2) is 43.1 Å². The molecule has 5 nitrogen and oxygen atoms in total. The zero-order valence-electron chi connectivity index (χ0n) is 14.7. The lowest BCUT2D eigenvalue weighted by Gasteiger charge is -2.23. The first kappa shape index (κ1) is 19.0. The summed E-state index contributed by atoms with van der Waals surface area (Å²) >= 11 is 0. The summed E-state index contributed by atoms with van der Waals surface area (Å²) in [5, 5.41) is 0. The number of likely N-dealkylation sites (N-methyl/N-ethyl adjacent to an activating group) is 1. The molecule has 0 saturated carbocycles. The lowest BCUT2D eigenvalue weighted by molar-refractivity contribution is -0.150. The van der Waals surface area contributed by atoms with Gasteiger partial charge in [-0.15, -0.1) is 0 Å². The number of nitrogens with zero attached hydrogens (tertiary/aromatic N) is 1. The first-order valence-electron chi connectivity index (χ1n) is 8.06. The van der Waals surface area contributed by atoms with Gasteiger partial charge in [-0.2, -0.15) is 0 Å². The van der Waals surface area contributed by atoms with Crippen molar-refractivity contribution in [3.8, 4) is 5.75 Å². The molecule has 0 spiro atoms. The topological polar surface area (TPSA) is 55.8 Å². The zero-order valence-corrected chi connectivity index (χ0v) is 14.7. The molecule has 23 heavy (non-hydrogen) atoms. The minimum atomic E-state index is -0.667. The maximum Gasteiger partial charge on any atom is 0.325 e. The van der Waals surface area contributed by atoms with E-state index in [1.807, 2.05) is 24.3 Å². The van der Waals surface area contributed by atoms with E-state index >= 15 is 0 Å². The third-order valence-electron chi connectivity index (χ3n) is 3.76. The van der Waals surface area contributed by atoms with Gasteiger partial charge in [-0.05, 0) is 37.8 Å². The van der Waals surface area contributed by atoms with E-state index in [0.29, 0.717) is 18.3 Å². The van der Waals surface area contributed by atoms with Crippen molar-refractivity contribution in [2.75, 3.05) is 20.2 Å². The van der Waals surface area contributed by atoms with Gasteiger partial charge in [0.25, 0.3) is 5.91 Å². The Hall–Kier alpha value is -2.04. The van der Waals surface area contributed by atoms with Crippen LogP contribution in [0.4, 0.5) is 0 Å². The Morgan fingerprint density at radius 1 is 1.17 bits per heavy atom. The standard InChI is InChI=1S/C18H27NO4/c1-6-13(3)15-10-8-9-11-16(15)23-14(4)18(21)19(5)12-17(20)22-7-2/h8-11,13-14H,6-7,12H2,1-5H3. The van der Waals surface area contributed by atoms with Gasteiger partial charge in [0.05, 0.1) is 6.61 Å². The van der Waals surface area contributed by atoms with Crippen molar-refractivity contribution in [3.63, 3.8) is 0 Å². The van der Waals surface area contributed by atoms with E-state index in [1.165, 1.54) is 4.90 Å². The second-order valence-electron chi connectivity index (χ2n) is 5.61. The number of amides is 1. The van der Waals surface area contributed by atoms with E-state index in [4.69, 9.17) is 9.47 Å². The van der Waals surface area contributed by atoms with Gasteiger partial charge in [0.2, 0.25) is 0 Å². The summed E-state index contributed by atoms with van der Waals surface area (Å²) in [6.07, 6.45) is 0.325. The maximum absolute atomic E-state index is 12.3. The van der Waals surface area contributed by atoms with Crippen LogP contribution < -0.4 is 4.74 Å². The largest absolute Gasteiger partial charge is 0.481 e. The first-order valence-corrected chi connectivity index (χ1v) is 8.06. The Bertz CT molecular complexity index is 530. The van der Waals surface area contributed by atoms with E-state index in [2.05, 4.69) is 13.8 Å². The van der Waals surface area contributed by atoms with Crippen LogP contribution >= 0.6 is 0 Å². The average molecular weight is 321 g/mol. The van der Waals surface area contributed by atoms with Gasteiger partial charge >= 0.3 is 5.97 Å². The van der Waals surface area contributed by atoms with Crippen LogP contribution in [0, 0.1) is 0 Å². The zero-order chi connectivity index (χ0) is 17.4. The molecule has 0 N–H and O–H groups in total. The third kappa shape index (κ3) is 5.58. The summed E-state index contributed by atoms with van der Waals surface area (Å²) in [6, 6.07) is 7.74. The smallest absolute Gasteiger partial charge is 0.325 e. The van der Waals surface area contributed by atoms with Gasteiger partial charge in [-0.1, -0.05) is 32.0 Å². The van der Waals surface area contributed by atoms with Crippen molar-refractivity contribution in [2.45, 2.75) is 46.1 Å². The fourth-order valence-corrected chi connectivity index (χ4v) is 2.24. The molecule has 2 unspecified atom stereocenters. The van der Waals surface area contributed by atoms with Gasteiger partial charge in [0, 0.05) is 7.05 Å². The SMILES string of the molecule is CCOC(=O)CN(C)C(=O)C(C)Oc1ccccc1C(C)CC. The fraction of sp³-hybridized carbons (Fsp3) is 0.556. The molecule has 0 aromatic heterocycles. The number of ether oxygens (including phenoxy) is 2. The van der Waals surface area contributed by atoms with Crippen LogP contribution in [0.1, 0.15) is 45.6 Å². The maximum atomic E-state index is 12.3. The molecule has 1 amide bonds. The third-order valence-corrected chi connectivity index (χ3v) is 3.76. The van der Waals surface area contributed by atoms with Crippen LogP contribution in [-0.2, 0) is 14.3 Å². The molecular weight excluding hydrogens is 294 g/mol. The molecule has 0 aliphatic rings. The highest BCUT2D eigenvalue weighted by Crippen LogP contribution is 2.29. The van der Waals surface area contributed by atoms with Gasteiger partial charge in [0.15, 0.2) is 6.10 Å². The summed E-state index contributed by atoms with van der Waals surface area (Å²) in [6.45, 7) is 7.89. The molecule has 0 aliphatic heterocycles. The molecule has 0 bridgehead atoms. The monoisotopic (exact) mass is 321 g/mol. The number of carbonyl (C=O) groups excluding carboxylic acids is 2. The number of para-hydroxylation sites is 1. The lowest BCUT2D eigenvalue weighted by atomic mass is 9.98. The van der Waals surface area contributed by atoms with E-state index in [-0.39, 0.29) is 12.5 Å². The highest BCUT2D eigenvalue weighted by Gasteiger charge is 2.22. The molecule has 0 heterocycles. The minimum Gasteiger partial charge on any atom is -0.481 e. The number of hydrogen-bond acceptors (Lipinski definition) is 4. The van der Waals surface area contributed by atoms with Gasteiger partial charge < -0.3 is 14.4 Å². The molecular formula is C18H27NO4. The summed E-state index contributed by atoms with van der Waals surface area (Å²) in [5.41, 5.74) is 1.09. The molecule has 2 atom stereocenters. The van der Waals surface area contributed by atoms with Crippen molar-refractivity contribution < 1.29 is 19.1 Å². The van der Waals surface area contributed by atoms with Crippen LogP contribution in [0.5, 0.6) is 5.75 Å². The predicted molar refractivity (Wildman–Crippen MR) is 89.5 cm³/mol. The number of benzene rings is 1. The summed E-state index contributed by atoms with van der Waals surface area (Å²) in [4.78, 5) is 25.1. The molecule has 1 rings (SSSR count). The second-order valence-corrected chi connectivity index (χ2v) is 5.61.